The first kappa shape index (κ1) is 31.9. The van der Waals surface area contributed by atoms with Crippen LogP contribution in [0.15, 0.2) is 71.1 Å². The van der Waals surface area contributed by atoms with E-state index in [9.17, 15) is 36.6 Å². The van der Waals surface area contributed by atoms with Crippen LogP contribution < -0.4 is 22.8 Å². The van der Waals surface area contributed by atoms with Crippen LogP contribution in [0.2, 0.25) is 0 Å². The standard InChI is InChI=1S/C29H25F5I2N3O3S/c1-28-11-4-12-36(28)35-39(15-17-5-3-6-20(30)24(17)31)27(42)23(25(28)40)26(41)38-21-9-8-18(29(32,33)34)13-19(21)16-7-10-22(43-2)37-14-16/h3,5-10,13-14,40H,4,11-12,15H2,1-2H3,(H,38,41)/q-1. The summed E-state index contributed by atoms with van der Waals surface area (Å²) in [5.41, 5.74) is -1.20. The number of carbonyl (C=O) groups excluding carboxylic acids is 2. The number of aliphatic hydroxyl groups is 1. The molecular formula is C29H25F5I2N3O3S-. The van der Waals surface area contributed by atoms with E-state index in [4.69, 9.17) is 0 Å². The molecule has 0 bridgehead atoms. The molecule has 1 aromatic heterocycles. The molecule has 14 heteroatoms. The fourth-order valence-electron chi connectivity index (χ4n) is 4.78. The molecule has 2 aliphatic rings. The first-order valence-corrected chi connectivity index (χ1v) is 23.9. The number of benzene rings is 2. The van der Waals surface area contributed by atoms with Gasteiger partial charge in [-0.3, -0.25) is 0 Å². The van der Waals surface area contributed by atoms with E-state index in [2.05, 4.69) is 10.3 Å². The van der Waals surface area contributed by atoms with Crippen molar-refractivity contribution in [2.24, 2.45) is 0 Å². The van der Waals surface area contributed by atoms with Gasteiger partial charge in [0, 0.05) is 0 Å². The van der Waals surface area contributed by atoms with Crippen molar-refractivity contribution in [3.05, 3.63) is 88.8 Å². The Morgan fingerprint density at radius 2 is 1.98 bits per heavy atom. The topological polar surface area (TPSA) is 82.5 Å². The van der Waals surface area contributed by atoms with Crippen LogP contribution in [0.5, 0.6) is 0 Å². The molecule has 1 atom stereocenters. The number of halogens is 7. The summed E-state index contributed by atoms with van der Waals surface area (Å²) in [7, 11) is 0. The number of thioether (sulfide) groups is 1. The summed E-state index contributed by atoms with van der Waals surface area (Å²) in [4.78, 5) is 32.0. The number of fused-ring (bicyclic) bond motifs is 1. The summed E-state index contributed by atoms with van der Waals surface area (Å²) in [6.07, 6.45) is -0.0851. The number of aromatic nitrogens is 1. The van der Waals surface area contributed by atoms with E-state index in [1.165, 1.54) is 33.2 Å². The fraction of sp³-hybridized carbons (Fsp3) is 0.276. The van der Waals surface area contributed by atoms with Crippen molar-refractivity contribution < 1.29 is 54.2 Å². The molecule has 2 amide bonds. The van der Waals surface area contributed by atoms with Crippen LogP contribution in [-0.4, -0.2) is 39.1 Å². The van der Waals surface area contributed by atoms with Crippen LogP contribution in [0.3, 0.4) is 0 Å². The molecule has 1 fully saturated rings. The fourth-order valence-corrected chi connectivity index (χ4v) is 25.3. The molecule has 1 saturated heterocycles. The van der Waals surface area contributed by atoms with Crippen molar-refractivity contribution in [2.75, 3.05) is 16.0 Å². The first-order valence-electron chi connectivity index (χ1n) is 12.9. The molecule has 2 aliphatic heterocycles. The van der Waals surface area contributed by atoms with Gasteiger partial charge in [0.25, 0.3) is 0 Å². The Morgan fingerprint density at radius 3 is 2.65 bits per heavy atom. The molecule has 230 valence electrons. The van der Waals surface area contributed by atoms with Crippen molar-refractivity contribution in [1.82, 2.24) is 8.10 Å². The number of amides is 2. The van der Waals surface area contributed by atoms with E-state index >= 15 is 0 Å². The van der Waals surface area contributed by atoms with E-state index in [1.54, 1.807) is 18.4 Å². The summed E-state index contributed by atoms with van der Waals surface area (Å²) in [5.74, 6) is -4.28. The monoisotopic (exact) mass is 844 g/mol. The molecule has 3 aromatic rings. The average Bonchev–Trinajstić information content (AvgIpc) is 3.32. The van der Waals surface area contributed by atoms with E-state index in [0.717, 1.165) is 35.1 Å². The number of carbonyl (C=O) groups is 2. The predicted octanol–water partition coefficient (Wildman–Crippen LogP) is 4.54. The van der Waals surface area contributed by atoms with Crippen LogP contribution in [0.1, 0.15) is 30.9 Å². The minimum absolute atomic E-state index is 0.0154. The number of anilines is 1. The second-order valence-electron chi connectivity index (χ2n) is 9.92. The van der Waals surface area contributed by atoms with Gasteiger partial charge in [-0.2, -0.15) is 0 Å². The SMILES string of the molecule is CSc1ccc(-c2cc(C(F)(F)F)ccc2NC(=O)C2=C(O)C3(C)CCCI3[I-]N(Cc3cccc(F)c3F)C2=O)cn1. The number of hydrogen-bond acceptors (Lipinski definition) is 5. The van der Waals surface area contributed by atoms with E-state index in [-0.39, 0.29) is 29.1 Å². The Labute approximate surface area is 262 Å². The van der Waals surface area contributed by atoms with Gasteiger partial charge in [-0.05, 0) is 6.26 Å². The van der Waals surface area contributed by atoms with Crippen LogP contribution in [0, 0.1) is 11.6 Å². The van der Waals surface area contributed by atoms with E-state index < -0.39 is 77.5 Å². The molecule has 1 unspecified atom stereocenters. The average molecular weight is 844 g/mol. The normalized spacial score (nSPS) is 20.0. The third-order valence-corrected chi connectivity index (χ3v) is 29.5. The van der Waals surface area contributed by atoms with Gasteiger partial charge < -0.3 is 0 Å². The Bertz CT molecular complexity index is 1620. The molecule has 0 radical (unpaired) electrons. The second-order valence-corrected chi connectivity index (χ2v) is 26.5. The number of allylic oxidation sites excluding steroid dienone is 1. The van der Waals surface area contributed by atoms with Crippen molar-refractivity contribution >= 4 is 45.1 Å². The van der Waals surface area contributed by atoms with E-state index in [1.807, 2.05) is 6.92 Å². The zero-order valence-corrected chi connectivity index (χ0v) is 27.9. The molecule has 0 aliphatic carbocycles. The Balaban J connectivity index is 1.55. The van der Waals surface area contributed by atoms with Crippen molar-refractivity contribution in [3.63, 3.8) is 0 Å². The van der Waals surface area contributed by atoms with E-state index in [0.29, 0.717) is 17.0 Å². The van der Waals surface area contributed by atoms with Gasteiger partial charge in [-0.1, -0.05) is 0 Å². The molecule has 43 heavy (non-hydrogen) atoms. The summed E-state index contributed by atoms with van der Waals surface area (Å²) >= 11 is -1.75. The summed E-state index contributed by atoms with van der Waals surface area (Å²) in [5, 5.41) is 14.7. The van der Waals surface area contributed by atoms with Crippen LogP contribution in [0.4, 0.5) is 27.6 Å². The Morgan fingerprint density at radius 1 is 1.21 bits per heavy atom. The number of alkyl halides is 5. The predicted molar refractivity (Wildman–Crippen MR) is 158 cm³/mol. The van der Waals surface area contributed by atoms with Crippen molar-refractivity contribution in [1.29, 1.82) is 0 Å². The number of aliphatic hydroxyl groups excluding tert-OH is 1. The number of rotatable bonds is 6. The Hall–Kier alpha value is -2.47. The van der Waals surface area contributed by atoms with Gasteiger partial charge in [0.05, 0.1) is 0 Å². The summed E-state index contributed by atoms with van der Waals surface area (Å²) in [6.45, 7) is 1.58. The summed E-state index contributed by atoms with van der Waals surface area (Å²) in [6, 6.07) is 9.69. The second kappa shape index (κ2) is 12.5. The third kappa shape index (κ3) is 6.36. The third-order valence-electron chi connectivity index (χ3n) is 7.14. The van der Waals surface area contributed by atoms with Crippen molar-refractivity contribution in [3.8, 4) is 11.1 Å². The van der Waals surface area contributed by atoms with Gasteiger partial charge in [-0.25, -0.2) is 0 Å². The molecule has 0 spiro atoms. The molecule has 6 nitrogen and oxygen atoms in total. The first-order chi connectivity index (χ1) is 20.3. The van der Waals surface area contributed by atoms with Gasteiger partial charge in [0.2, 0.25) is 0 Å². The number of hydrogen-bond donors (Lipinski definition) is 2. The van der Waals surface area contributed by atoms with Crippen molar-refractivity contribution in [2.45, 2.75) is 40.9 Å². The number of nitrogens with one attached hydrogen (secondary N) is 1. The zero-order chi connectivity index (χ0) is 31.1. The maximum absolute atomic E-state index is 14.6. The quantitative estimate of drug-likeness (QED) is 0.0953. The zero-order valence-electron chi connectivity index (χ0n) is 22.7. The number of nitrogens with zero attached hydrogens (tertiary/aromatic N) is 2. The summed E-state index contributed by atoms with van der Waals surface area (Å²) < 4.78 is 71.0. The molecule has 3 heterocycles. The molecule has 2 aromatic carbocycles. The molecule has 5 rings (SSSR count). The Kier molecular flexibility index (Phi) is 9.28. The van der Waals surface area contributed by atoms with Gasteiger partial charge in [-0.15, -0.1) is 0 Å². The van der Waals surface area contributed by atoms with Crippen LogP contribution in [-0.2, 0) is 22.3 Å². The van der Waals surface area contributed by atoms with Gasteiger partial charge in [0.15, 0.2) is 0 Å². The van der Waals surface area contributed by atoms with Crippen LogP contribution in [0.25, 0.3) is 11.1 Å². The maximum atomic E-state index is 14.6. The molecule has 0 saturated carbocycles. The van der Waals surface area contributed by atoms with Gasteiger partial charge >= 0.3 is 258 Å². The van der Waals surface area contributed by atoms with Crippen LogP contribution >= 0.6 is 27.6 Å². The molecular weight excluding hydrogens is 819 g/mol. The number of pyridine rings is 1. The minimum atomic E-state index is -4.66. The molecule has 2 N–H and O–H groups in total. The van der Waals surface area contributed by atoms with Gasteiger partial charge in [0.1, 0.15) is 0 Å².